The third-order valence-corrected chi connectivity index (χ3v) is 5.59. The minimum absolute atomic E-state index is 0.0740. The first kappa shape index (κ1) is 20.7. The fraction of sp³-hybridized carbons (Fsp3) is 0.250. The van der Waals surface area contributed by atoms with Gasteiger partial charge >= 0.3 is 0 Å². The fourth-order valence-corrected chi connectivity index (χ4v) is 4.00. The number of carbonyl (C=O) groups excluding carboxylic acids is 1. The number of non-ortho nitro benzene ring substituents is 1. The van der Waals surface area contributed by atoms with Crippen molar-refractivity contribution < 1.29 is 14.5 Å². The van der Waals surface area contributed by atoms with E-state index in [0.29, 0.717) is 24.0 Å². The van der Waals surface area contributed by atoms with E-state index in [1.165, 1.54) is 30.0 Å². The number of fused-ring (bicyclic) bond motifs is 1. The number of hydrogen-bond acceptors (Lipinski definition) is 8. The largest absolute Gasteiger partial charge is 0.494 e. The molecule has 0 bridgehead atoms. The normalized spacial score (nSPS) is 12.5. The molecule has 0 spiro atoms. The van der Waals surface area contributed by atoms with Crippen molar-refractivity contribution >= 4 is 40.7 Å². The number of aromatic nitrogens is 3. The van der Waals surface area contributed by atoms with Gasteiger partial charge in [-0.3, -0.25) is 19.5 Å². The van der Waals surface area contributed by atoms with E-state index in [-0.39, 0.29) is 17.3 Å². The van der Waals surface area contributed by atoms with Crippen LogP contribution in [0.2, 0.25) is 0 Å². The monoisotopic (exact) mass is 440 g/mol. The molecule has 1 N–H and O–H groups in total. The molecule has 0 atom stereocenters. The van der Waals surface area contributed by atoms with Crippen LogP contribution in [0.3, 0.4) is 0 Å². The molecule has 0 saturated heterocycles. The van der Waals surface area contributed by atoms with Crippen LogP contribution in [0.4, 0.5) is 23.0 Å². The summed E-state index contributed by atoms with van der Waals surface area (Å²) in [7, 11) is 0. The predicted octanol–water partition coefficient (Wildman–Crippen LogP) is 3.47. The zero-order chi connectivity index (χ0) is 21.8. The molecule has 1 amide bonds. The molecule has 0 saturated carbocycles. The van der Waals surface area contributed by atoms with Gasteiger partial charge in [-0.05, 0) is 37.3 Å². The van der Waals surface area contributed by atoms with Crippen molar-refractivity contribution in [3.05, 3.63) is 58.6 Å². The molecule has 1 aliphatic rings. The first-order valence-electron chi connectivity index (χ1n) is 9.66. The second-order valence-electron chi connectivity index (χ2n) is 6.66. The summed E-state index contributed by atoms with van der Waals surface area (Å²) in [5, 5.41) is 22.7. The third-order valence-electron chi connectivity index (χ3n) is 4.62. The van der Waals surface area contributed by atoms with Crippen LogP contribution in [0.15, 0.2) is 53.7 Å². The number of nitro benzene ring substituents is 1. The molecule has 0 aliphatic carbocycles. The standard InChI is InChI=1S/C20H20N6O4S/c1-2-30-17-8-6-15(7-9-17)24-10-11-25-19(24)22-23-20(25)31-13-18(27)21-14-4-3-5-16(12-14)26(28)29/h3-9,12H,2,10-11,13H2,1H3,(H,21,27). The van der Waals surface area contributed by atoms with E-state index in [0.717, 1.165) is 23.9 Å². The van der Waals surface area contributed by atoms with Crippen molar-refractivity contribution in [1.82, 2.24) is 14.8 Å². The predicted molar refractivity (Wildman–Crippen MR) is 117 cm³/mol. The number of benzene rings is 2. The Hall–Kier alpha value is -3.60. The Morgan fingerprint density at radius 3 is 2.77 bits per heavy atom. The Balaban J connectivity index is 1.38. The minimum atomic E-state index is -0.500. The summed E-state index contributed by atoms with van der Waals surface area (Å²) in [5.41, 5.74) is 1.30. The maximum Gasteiger partial charge on any atom is 0.271 e. The van der Waals surface area contributed by atoms with Gasteiger partial charge in [0.2, 0.25) is 11.9 Å². The van der Waals surface area contributed by atoms with E-state index in [1.807, 2.05) is 35.8 Å². The van der Waals surface area contributed by atoms with E-state index >= 15 is 0 Å². The van der Waals surface area contributed by atoms with Gasteiger partial charge in [-0.2, -0.15) is 0 Å². The number of ether oxygens (including phenoxy) is 1. The SMILES string of the molecule is CCOc1ccc(N2CCn3c(SCC(=O)Nc4cccc([N+](=O)[O-])c4)nnc32)cc1. The van der Waals surface area contributed by atoms with Crippen molar-refractivity contribution in [2.24, 2.45) is 0 Å². The molecule has 0 unspecified atom stereocenters. The van der Waals surface area contributed by atoms with Crippen LogP contribution in [-0.4, -0.2) is 44.5 Å². The summed E-state index contributed by atoms with van der Waals surface area (Å²) in [6.45, 7) is 4.03. The van der Waals surface area contributed by atoms with E-state index in [9.17, 15) is 14.9 Å². The number of nitro groups is 1. The van der Waals surface area contributed by atoms with Gasteiger partial charge in [0.15, 0.2) is 5.16 Å². The average Bonchev–Trinajstić information content (AvgIpc) is 3.36. The summed E-state index contributed by atoms with van der Waals surface area (Å²) in [6.07, 6.45) is 0. The molecule has 31 heavy (non-hydrogen) atoms. The zero-order valence-corrected chi connectivity index (χ0v) is 17.5. The summed E-state index contributed by atoms with van der Waals surface area (Å²) in [5.74, 6) is 1.39. The molecular formula is C20H20N6O4S. The van der Waals surface area contributed by atoms with Crippen molar-refractivity contribution in [1.29, 1.82) is 0 Å². The first-order valence-corrected chi connectivity index (χ1v) is 10.6. The lowest BCUT2D eigenvalue weighted by Gasteiger charge is -2.15. The summed E-state index contributed by atoms with van der Waals surface area (Å²) in [6, 6.07) is 13.6. The molecule has 1 aromatic heterocycles. The van der Waals surface area contributed by atoms with Crippen molar-refractivity contribution in [3.63, 3.8) is 0 Å². The second kappa shape index (κ2) is 9.04. The Bertz CT molecular complexity index is 1100. The van der Waals surface area contributed by atoms with E-state index < -0.39 is 4.92 Å². The van der Waals surface area contributed by atoms with Gasteiger partial charge in [-0.15, -0.1) is 10.2 Å². The molecule has 11 heteroatoms. The Morgan fingerprint density at radius 2 is 2.03 bits per heavy atom. The first-order chi connectivity index (χ1) is 15.0. The van der Waals surface area contributed by atoms with Gasteiger partial charge in [0.25, 0.3) is 5.69 Å². The van der Waals surface area contributed by atoms with Crippen molar-refractivity contribution in [2.45, 2.75) is 18.6 Å². The Kier molecular flexibility index (Phi) is 6.03. The fourth-order valence-electron chi connectivity index (χ4n) is 3.24. The molecule has 0 radical (unpaired) electrons. The smallest absolute Gasteiger partial charge is 0.271 e. The maximum atomic E-state index is 12.3. The number of amides is 1. The molecule has 160 valence electrons. The van der Waals surface area contributed by atoms with Crippen LogP contribution in [0.5, 0.6) is 5.75 Å². The highest BCUT2D eigenvalue weighted by Crippen LogP contribution is 2.33. The molecule has 1 aliphatic heterocycles. The highest BCUT2D eigenvalue weighted by molar-refractivity contribution is 7.99. The van der Waals surface area contributed by atoms with Gasteiger partial charge in [0.05, 0.1) is 17.3 Å². The van der Waals surface area contributed by atoms with E-state index in [2.05, 4.69) is 20.4 Å². The van der Waals surface area contributed by atoms with Crippen molar-refractivity contribution in [3.8, 4) is 5.75 Å². The van der Waals surface area contributed by atoms with Crippen LogP contribution in [-0.2, 0) is 11.3 Å². The second-order valence-corrected chi connectivity index (χ2v) is 7.60. The molecule has 3 aromatic rings. The molecule has 2 heterocycles. The van der Waals surface area contributed by atoms with E-state index in [4.69, 9.17) is 4.74 Å². The Labute approximate surface area is 182 Å². The van der Waals surface area contributed by atoms with Gasteiger partial charge in [0, 0.05) is 36.6 Å². The van der Waals surface area contributed by atoms with Gasteiger partial charge in [-0.25, -0.2) is 0 Å². The maximum absolute atomic E-state index is 12.3. The molecule has 4 rings (SSSR count). The topological polar surface area (TPSA) is 115 Å². The van der Waals surface area contributed by atoms with Gasteiger partial charge in [0.1, 0.15) is 5.75 Å². The quantitative estimate of drug-likeness (QED) is 0.322. The summed E-state index contributed by atoms with van der Waals surface area (Å²) < 4.78 is 7.46. The highest BCUT2D eigenvalue weighted by Gasteiger charge is 2.26. The molecule has 2 aromatic carbocycles. The van der Waals surface area contributed by atoms with Crippen LogP contribution in [0.1, 0.15) is 6.92 Å². The average molecular weight is 440 g/mol. The van der Waals surface area contributed by atoms with E-state index in [1.54, 1.807) is 6.07 Å². The zero-order valence-electron chi connectivity index (χ0n) is 16.7. The lowest BCUT2D eigenvalue weighted by Crippen LogP contribution is -2.15. The summed E-state index contributed by atoms with van der Waals surface area (Å²) >= 11 is 1.27. The number of carbonyl (C=O) groups is 1. The third kappa shape index (κ3) is 4.61. The number of nitrogens with one attached hydrogen (secondary N) is 1. The number of nitrogens with zero attached hydrogens (tertiary/aromatic N) is 5. The van der Waals surface area contributed by atoms with Crippen LogP contribution >= 0.6 is 11.8 Å². The Morgan fingerprint density at radius 1 is 1.23 bits per heavy atom. The van der Waals surface area contributed by atoms with Crippen LogP contribution in [0, 0.1) is 10.1 Å². The minimum Gasteiger partial charge on any atom is -0.494 e. The number of rotatable bonds is 8. The summed E-state index contributed by atoms with van der Waals surface area (Å²) in [4.78, 5) is 24.7. The molecular weight excluding hydrogens is 420 g/mol. The van der Waals surface area contributed by atoms with Gasteiger partial charge in [-0.1, -0.05) is 17.8 Å². The molecule has 0 fully saturated rings. The molecule has 10 nitrogen and oxygen atoms in total. The van der Waals surface area contributed by atoms with Crippen molar-refractivity contribution in [2.75, 3.05) is 29.1 Å². The number of hydrogen-bond donors (Lipinski definition) is 1. The van der Waals surface area contributed by atoms with Crippen LogP contribution in [0.25, 0.3) is 0 Å². The van der Waals surface area contributed by atoms with Gasteiger partial charge < -0.3 is 15.0 Å². The lowest BCUT2D eigenvalue weighted by molar-refractivity contribution is -0.384. The number of anilines is 3. The number of thioether (sulfide) groups is 1. The lowest BCUT2D eigenvalue weighted by atomic mass is 10.3. The van der Waals surface area contributed by atoms with Crippen LogP contribution < -0.4 is 15.0 Å². The highest BCUT2D eigenvalue weighted by atomic mass is 32.2.